The summed E-state index contributed by atoms with van der Waals surface area (Å²) in [7, 11) is 0. The predicted molar refractivity (Wildman–Crippen MR) is 48.3 cm³/mol. The fraction of sp³-hybridized carbons (Fsp3) is 0.600. The number of carbonyl (C=O) groups excluding carboxylic acids is 1. The average molecular weight is 176 g/mol. The van der Waals surface area contributed by atoms with E-state index < -0.39 is 5.41 Å². The summed E-state index contributed by atoms with van der Waals surface area (Å²) in [5.41, 5.74) is -0.733. The van der Waals surface area contributed by atoms with E-state index in [4.69, 9.17) is 11.7 Å². The molecule has 1 amide bonds. The molecule has 0 bridgehead atoms. The van der Waals surface area contributed by atoms with Gasteiger partial charge in [0.15, 0.2) is 0 Å². The first-order valence-corrected chi connectivity index (χ1v) is 4.30. The molecule has 3 nitrogen and oxygen atoms in total. The SMILES string of the molecule is C#CCC(C)NC(=O)C1(C#N)CC1. The highest BCUT2D eigenvalue weighted by Crippen LogP contribution is 2.45. The summed E-state index contributed by atoms with van der Waals surface area (Å²) in [6, 6.07) is 2.00. The quantitative estimate of drug-likeness (QED) is 0.647. The molecule has 1 rings (SSSR count). The van der Waals surface area contributed by atoms with E-state index in [0.29, 0.717) is 19.3 Å². The minimum atomic E-state index is -0.733. The number of amides is 1. The summed E-state index contributed by atoms with van der Waals surface area (Å²) < 4.78 is 0. The molecule has 0 aromatic rings. The summed E-state index contributed by atoms with van der Waals surface area (Å²) in [5.74, 6) is 2.30. The van der Waals surface area contributed by atoms with Crippen LogP contribution in [0.25, 0.3) is 0 Å². The fourth-order valence-electron chi connectivity index (χ4n) is 1.10. The topological polar surface area (TPSA) is 52.9 Å². The van der Waals surface area contributed by atoms with Gasteiger partial charge in [-0.2, -0.15) is 5.26 Å². The summed E-state index contributed by atoms with van der Waals surface area (Å²) >= 11 is 0. The van der Waals surface area contributed by atoms with Crippen LogP contribution < -0.4 is 5.32 Å². The number of nitriles is 1. The summed E-state index contributed by atoms with van der Waals surface area (Å²) in [5, 5.41) is 11.4. The van der Waals surface area contributed by atoms with Crippen LogP contribution in [-0.2, 0) is 4.79 Å². The van der Waals surface area contributed by atoms with Crippen molar-refractivity contribution in [3.05, 3.63) is 0 Å². The van der Waals surface area contributed by atoms with Crippen LogP contribution in [0.15, 0.2) is 0 Å². The van der Waals surface area contributed by atoms with E-state index in [1.165, 1.54) is 0 Å². The van der Waals surface area contributed by atoms with Crippen molar-refractivity contribution in [2.45, 2.75) is 32.2 Å². The largest absolute Gasteiger partial charge is 0.351 e. The number of terminal acetylenes is 1. The minimum absolute atomic E-state index is 0.0386. The van der Waals surface area contributed by atoms with Gasteiger partial charge in [-0.25, -0.2) is 0 Å². The smallest absolute Gasteiger partial charge is 0.240 e. The van der Waals surface area contributed by atoms with Crippen LogP contribution in [0, 0.1) is 29.1 Å². The zero-order valence-corrected chi connectivity index (χ0v) is 7.63. The molecule has 1 unspecified atom stereocenters. The lowest BCUT2D eigenvalue weighted by molar-refractivity contribution is -0.125. The van der Waals surface area contributed by atoms with Gasteiger partial charge in [0.1, 0.15) is 5.41 Å². The number of rotatable bonds is 3. The molecule has 1 atom stereocenters. The van der Waals surface area contributed by atoms with E-state index in [1.54, 1.807) is 0 Å². The molecule has 0 saturated heterocycles. The number of carbonyl (C=O) groups is 1. The second-order valence-corrected chi connectivity index (χ2v) is 3.48. The molecule has 1 aliphatic rings. The van der Waals surface area contributed by atoms with Gasteiger partial charge < -0.3 is 5.32 Å². The Morgan fingerprint density at radius 3 is 2.77 bits per heavy atom. The van der Waals surface area contributed by atoms with Gasteiger partial charge in [0, 0.05) is 12.5 Å². The van der Waals surface area contributed by atoms with Gasteiger partial charge in [-0.15, -0.1) is 12.3 Å². The second-order valence-electron chi connectivity index (χ2n) is 3.48. The lowest BCUT2D eigenvalue weighted by Crippen LogP contribution is -2.37. The first kappa shape index (κ1) is 9.61. The molecule has 68 valence electrons. The van der Waals surface area contributed by atoms with Gasteiger partial charge in [0.2, 0.25) is 5.91 Å². The highest BCUT2D eigenvalue weighted by Gasteiger charge is 2.50. The Bertz CT molecular complexity index is 291. The number of nitrogens with one attached hydrogen (secondary N) is 1. The van der Waals surface area contributed by atoms with Crippen molar-refractivity contribution < 1.29 is 4.79 Å². The van der Waals surface area contributed by atoms with E-state index in [9.17, 15) is 4.79 Å². The van der Waals surface area contributed by atoms with Crippen molar-refractivity contribution in [2.75, 3.05) is 0 Å². The van der Waals surface area contributed by atoms with E-state index in [0.717, 1.165) is 0 Å². The zero-order valence-electron chi connectivity index (χ0n) is 7.63. The molecular weight excluding hydrogens is 164 g/mol. The van der Waals surface area contributed by atoms with Crippen LogP contribution in [0.2, 0.25) is 0 Å². The molecule has 0 radical (unpaired) electrons. The standard InChI is InChI=1S/C10H12N2O/c1-3-4-8(2)12-9(13)10(7-11)5-6-10/h1,8H,4-6H2,2H3,(H,12,13). The Labute approximate surface area is 78.1 Å². The Morgan fingerprint density at radius 1 is 1.77 bits per heavy atom. The summed E-state index contributed by atoms with van der Waals surface area (Å²) in [4.78, 5) is 11.4. The lowest BCUT2D eigenvalue weighted by atomic mass is 10.1. The lowest BCUT2D eigenvalue weighted by Gasteiger charge is -2.12. The maximum Gasteiger partial charge on any atom is 0.240 e. The molecule has 0 spiro atoms. The third-order valence-corrected chi connectivity index (χ3v) is 2.20. The number of hydrogen-bond donors (Lipinski definition) is 1. The van der Waals surface area contributed by atoms with Gasteiger partial charge in [-0.3, -0.25) is 4.79 Å². The molecule has 0 aromatic heterocycles. The Hall–Kier alpha value is -1.48. The Kier molecular flexibility index (Phi) is 2.58. The van der Waals surface area contributed by atoms with Gasteiger partial charge in [0.25, 0.3) is 0 Å². The van der Waals surface area contributed by atoms with Gasteiger partial charge in [-0.1, -0.05) is 0 Å². The van der Waals surface area contributed by atoms with Crippen molar-refractivity contribution in [3.8, 4) is 18.4 Å². The molecule has 1 saturated carbocycles. The average Bonchev–Trinajstić information content (AvgIpc) is 2.84. The minimum Gasteiger partial charge on any atom is -0.351 e. The molecule has 1 N–H and O–H groups in total. The van der Waals surface area contributed by atoms with Crippen molar-refractivity contribution in [2.24, 2.45) is 5.41 Å². The fourth-order valence-corrected chi connectivity index (χ4v) is 1.10. The third kappa shape index (κ3) is 2.00. The molecule has 1 aliphatic carbocycles. The van der Waals surface area contributed by atoms with Crippen LogP contribution in [0.4, 0.5) is 0 Å². The Morgan fingerprint density at radius 2 is 2.38 bits per heavy atom. The first-order valence-electron chi connectivity index (χ1n) is 4.30. The normalized spacial score (nSPS) is 19.3. The zero-order chi connectivity index (χ0) is 9.90. The molecule has 3 heteroatoms. The van der Waals surface area contributed by atoms with Gasteiger partial charge in [0.05, 0.1) is 6.07 Å². The number of hydrogen-bond acceptors (Lipinski definition) is 2. The maximum atomic E-state index is 11.4. The van der Waals surface area contributed by atoms with E-state index in [-0.39, 0.29) is 11.9 Å². The van der Waals surface area contributed by atoms with Crippen LogP contribution >= 0.6 is 0 Å². The molecule has 1 fully saturated rings. The van der Waals surface area contributed by atoms with Crippen molar-refractivity contribution >= 4 is 5.91 Å². The summed E-state index contributed by atoms with van der Waals surface area (Å²) in [6.07, 6.45) is 6.96. The van der Waals surface area contributed by atoms with Crippen molar-refractivity contribution in [1.29, 1.82) is 5.26 Å². The maximum absolute atomic E-state index is 11.4. The molecule has 0 aromatic carbocycles. The van der Waals surface area contributed by atoms with Crippen LogP contribution in [-0.4, -0.2) is 11.9 Å². The van der Waals surface area contributed by atoms with Gasteiger partial charge in [-0.05, 0) is 19.8 Å². The van der Waals surface area contributed by atoms with Crippen LogP contribution in [0.3, 0.4) is 0 Å². The molecule has 0 aliphatic heterocycles. The molecular formula is C10H12N2O. The van der Waals surface area contributed by atoms with Crippen LogP contribution in [0.5, 0.6) is 0 Å². The monoisotopic (exact) mass is 176 g/mol. The summed E-state index contributed by atoms with van der Waals surface area (Å²) in [6.45, 7) is 1.84. The number of nitrogens with zero attached hydrogens (tertiary/aromatic N) is 1. The van der Waals surface area contributed by atoms with Gasteiger partial charge >= 0.3 is 0 Å². The second kappa shape index (κ2) is 3.49. The Balaban J connectivity index is 2.44. The van der Waals surface area contributed by atoms with E-state index in [1.807, 2.05) is 13.0 Å². The van der Waals surface area contributed by atoms with Crippen molar-refractivity contribution in [1.82, 2.24) is 5.32 Å². The highest BCUT2D eigenvalue weighted by atomic mass is 16.2. The first-order chi connectivity index (χ1) is 6.14. The third-order valence-electron chi connectivity index (χ3n) is 2.20. The predicted octanol–water partition coefficient (Wildman–Crippen LogP) is 0.818. The van der Waals surface area contributed by atoms with E-state index >= 15 is 0 Å². The van der Waals surface area contributed by atoms with Crippen LogP contribution in [0.1, 0.15) is 26.2 Å². The molecule has 0 heterocycles. The van der Waals surface area contributed by atoms with E-state index in [2.05, 4.69) is 11.2 Å². The molecule has 13 heavy (non-hydrogen) atoms. The van der Waals surface area contributed by atoms with Crippen molar-refractivity contribution in [3.63, 3.8) is 0 Å². The highest BCUT2D eigenvalue weighted by molar-refractivity contribution is 5.88.